The highest BCUT2D eigenvalue weighted by molar-refractivity contribution is 7.99. The van der Waals surface area contributed by atoms with Gasteiger partial charge in [-0.05, 0) is 25.0 Å². The third-order valence-corrected chi connectivity index (χ3v) is 5.59. The summed E-state index contributed by atoms with van der Waals surface area (Å²) in [6.45, 7) is 6.45. The lowest BCUT2D eigenvalue weighted by Crippen LogP contribution is -2.29. The van der Waals surface area contributed by atoms with E-state index in [2.05, 4.69) is 16.8 Å². The highest BCUT2D eigenvalue weighted by Gasteiger charge is 2.28. The van der Waals surface area contributed by atoms with Crippen molar-refractivity contribution >= 4 is 17.7 Å². The number of carbonyl (C=O) groups is 1. The molecule has 1 fully saturated rings. The van der Waals surface area contributed by atoms with Crippen molar-refractivity contribution in [1.29, 1.82) is 0 Å². The van der Waals surface area contributed by atoms with Crippen LogP contribution in [0.25, 0.3) is 0 Å². The molecule has 2 aliphatic heterocycles. The molecule has 8 heteroatoms. The molecule has 1 unspecified atom stereocenters. The zero-order chi connectivity index (χ0) is 18.6. The Bertz CT molecular complexity index is 832. The molecule has 142 valence electrons. The first-order valence-corrected chi connectivity index (χ1v) is 10.1. The fraction of sp³-hybridized carbons (Fsp3) is 0.421. The number of rotatable bonds is 6. The van der Waals surface area contributed by atoms with Crippen molar-refractivity contribution in [2.75, 3.05) is 25.4 Å². The molecule has 1 amide bonds. The van der Waals surface area contributed by atoms with Crippen molar-refractivity contribution in [2.45, 2.75) is 30.6 Å². The van der Waals surface area contributed by atoms with Crippen LogP contribution in [0.5, 0.6) is 11.5 Å². The van der Waals surface area contributed by atoms with Gasteiger partial charge < -0.3 is 14.4 Å². The first-order valence-electron chi connectivity index (χ1n) is 9.09. The third kappa shape index (κ3) is 3.80. The number of nitrogens with zero attached hydrogens (tertiary/aromatic N) is 4. The molecule has 0 saturated carbocycles. The van der Waals surface area contributed by atoms with E-state index in [1.54, 1.807) is 6.08 Å². The van der Waals surface area contributed by atoms with Crippen molar-refractivity contribution in [1.82, 2.24) is 19.7 Å². The van der Waals surface area contributed by atoms with Crippen molar-refractivity contribution in [3.63, 3.8) is 0 Å². The number of ether oxygens (including phenoxy) is 2. The summed E-state index contributed by atoms with van der Waals surface area (Å²) in [5.41, 5.74) is 0. The molecule has 0 N–H and O–H groups in total. The second-order valence-corrected chi connectivity index (χ2v) is 7.42. The normalized spacial score (nSPS) is 18.5. The molecule has 4 rings (SSSR count). The number of aromatic nitrogens is 3. The van der Waals surface area contributed by atoms with Crippen molar-refractivity contribution in [3.8, 4) is 11.5 Å². The minimum atomic E-state index is -0.351. The molecular formula is C19H22N4O3S. The largest absolute Gasteiger partial charge is 0.485 e. The van der Waals surface area contributed by atoms with Crippen LogP contribution in [0.4, 0.5) is 0 Å². The molecule has 2 aromatic rings. The number of hydrogen-bond acceptors (Lipinski definition) is 6. The number of carbonyl (C=O) groups excluding carboxylic acids is 1. The lowest BCUT2D eigenvalue weighted by atomic mass is 10.2. The van der Waals surface area contributed by atoms with Crippen LogP contribution in [0.1, 0.15) is 24.8 Å². The number of hydrogen-bond donors (Lipinski definition) is 0. The SMILES string of the molecule is C=CCn1c(SCC(=O)N2CCCC2)nnc1C1COc2ccccc2O1. The fourth-order valence-electron chi connectivity index (χ4n) is 3.28. The molecule has 1 atom stereocenters. The van der Waals surface area contributed by atoms with Gasteiger partial charge in [-0.3, -0.25) is 9.36 Å². The predicted molar refractivity (Wildman–Crippen MR) is 102 cm³/mol. The van der Waals surface area contributed by atoms with Gasteiger partial charge in [0.05, 0.1) is 5.75 Å². The molecule has 7 nitrogen and oxygen atoms in total. The zero-order valence-electron chi connectivity index (χ0n) is 15.0. The van der Waals surface area contributed by atoms with Gasteiger partial charge >= 0.3 is 0 Å². The van der Waals surface area contributed by atoms with Gasteiger partial charge in [0, 0.05) is 19.6 Å². The number of allylic oxidation sites excluding steroid dienone is 1. The summed E-state index contributed by atoms with van der Waals surface area (Å²) in [4.78, 5) is 14.2. The standard InChI is InChI=1S/C19H22N4O3S/c1-2-9-23-18(16-12-25-14-7-3-4-8-15(14)26-16)20-21-19(23)27-13-17(24)22-10-5-6-11-22/h2-4,7-8,16H,1,5-6,9-13H2. The van der Waals surface area contributed by atoms with Gasteiger partial charge in [0.2, 0.25) is 5.91 Å². The van der Waals surface area contributed by atoms with Crippen molar-refractivity contribution in [2.24, 2.45) is 0 Å². The summed E-state index contributed by atoms with van der Waals surface area (Å²) in [5.74, 6) is 2.62. The Morgan fingerprint density at radius 1 is 1.26 bits per heavy atom. The average Bonchev–Trinajstić information content (AvgIpc) is 3.37. The predicted octanol–water partition coefficient (Wildman–Crippen LogP) is 2.69. The molecular weight excluding hydrogens is 364 g/mol. The van der Waals surface area contributed by atoms with Crippen LogP contribution in [-0.2, 0) is 11.3 Å². The number of benzene rings is 1. The van der Waals surface area contributed by atoms with Crippen LogP contribution >= 0.6 is 11.8 Å². The number of para-hydroxylation sites is 2. The Labute approximate surface area is 162 Å². The minimum Gasteiger partial charge on any atom is -0.485 e. The molecule has 0 bridgehead atoms. The second-order valence-electron chi connectivity index (χ2n) is 6.48. The molecule has 0 spiro atoms. The van der Waals surface area contributed by atoms with Crippen LogP contribution in [0.15, 0.2) is 42.1 Å². The maximum Gasteiger partial charge on any atom is 0.233 e. The van der Waals surface area contributed by atoms with Gasteiger partial charge in [-0.15, -0.1) is 16.8 Å². The maximum atomic E-state index is 12.3. The maximum absolute atomic E-state index is 12.3. The van der Waals surface area contributed by atoms with Gasteiger partial charge in [0.1, 0.15) is 6.61 Å². The summed E-state index contributed by atoms with van der Waals surface area (Å²) in [7, 11) is 0. The molecule has 27 heavy (non-hydrogen) atoms. The van der Waals surface area contributed by atoms with Crippen LogP contribution in [0.2, 0.25) is 0 Å². The average molecular weight is 386 g/mol. The Morgan fingerprint density at radius 3 is 2.81 bits per heavy atom. The van der Waals surface area contributed by atoms with E-state index >= 15 is 0 Å². The fourth-order valence-corrected chi connectivity index (χ4v) is 4.13. The van der Waals surface area contributed by atoms with Gasteiger partial charge in [-0.2, -0.15) is 0 Å². The van der Waals surface area contributed by atoms with Crippen LogP contribution in [-0.4, -0.2) is 51.0 Å². The third-order valence-electron chi connectivity index (χ3n) is 4.64. The van der Waals surface area contributed by atoms with E-state index in [9.17, 15) is 4.79 Å². The molecule has 3 heterocycles. The lowest BCUT2D eigenvalue weighted by molar-refractivity contribution is -0.127. The smallest absolute Gasteiger partial charge is 0.233 e. The summed E-state index contributed by atoms with van der Waals surface area (Å²) in [5, 5.41) is 9.30. The summed E-state index contributed by atoms with van der Waals surface area (Å²) >= 11 is 1.41. The topological polar surface area (TPSA) is 69.5 Å². The highest BCUT2D eigenvalue weighted by atomic mass is 32.2. The number of thioether (sulfide) groups is 1. The van der Waals surface area contributed by atoms with Gasteiger partial charge in [-0.25, -0.2) is 0 Å². The quantitative estimate of drug-likeness (QED) is 0.562. The first kappa shape index (κ1) is 17.9. The summed E-state index contributed by atoms with van der Waals surface area (Å²) < 4.78 is 13.8. The van der Waals surface area contributed by atoms with Crippen LogP contribution < -0.4 is 9.47 Å². The van der Waals surface area contributed by atoms with E-state index in [1.165, 1.54) is 11.8 Å². The van der Waals surface area contributed by atoms with Gasteiger partial charge in [0.15, 0.2) is 28.6 Å². The molecule has 0 aliphatic carbocycles. The number of fused-ring (bicyclic) bond motifs is 1. The van der Waals surface area contributed by atoms with E-state index in [4.69, 9.17) is 9.47 Å². The lowest BCUT2D eigenvalue weighted by Gasteiger charge is -2.26. The summed E-state index contributed by atoms with van der Waals surface area (Å²) in [6.07, 6.45) is 3.62. The molecule has 1 saturated heterocycles. The first-order chi connectivity index (χ1) is 13.3. The summed E-state index contributed by atoms with van der Waals surface area (Å²) in [6, 6.07) is 7.57. The van der Waals surface area contributed by atoms with Crippen LogP contribution in [0, 0.1) is 0 Å². The van der Waals surface area contributed by atoms with Crippen LogP contribution in [0.3, 0.4) is 0 Å². The molecule has 1 aromatic heterocycles. The Kier molecular flexibility index (Phi) is 5.33. The van der Waals surface area contributed by atoms with E-state index in [0.717, 1.165) is 31.7 Å². The molecule has 1 aromatic carbocycles. The Morgan fingerprint density at radius 2 is 2.04 bits per heavy atom. The number of likely N-dealkylation sites (tertiary alicyclic amines) is 1. The minimum absolute atomic E-state index is 0.151. The Hall–Kier alpha value is -2.48. The Balaban J connectivity index is 1.49. The van der Waals surface area contributed by atoms with Crippen molar-refractivity contribution < 1.29 is 14.3 Å². The van der Waals surface area contributed by atoms with E-state index in [-0.39, 0.29) is 12.0 Å². The number of amides is 1. The zero-order valence-corrected chi connectivity index (χ0v) is 15.9. The molecule has 2 aliphatic rings. The van der Waals surface area contributed by atoms with Crippen molar-refractivity contribution in [3.05, 3.63) is 42.7 Å². The monoisotopic (exact) mass is 386 g/mol. The molecule has 0 radical (unpaired) electrons. The van der Waals surface area contributed by atoms with E-state index in [0.29, 0.717) is 35.6 Å². The van der Waals surface area contributed by atoms with Gasteiger partial charge in [-0.1, -0.05) is 30.0 Å². The van der Waals surface area contributed by atoms with E-state index in [1.807, 2.05) is 33.7 Å². The van der Waals surface area contributed by atoms with E-state index < -0.39 is 0 Å². The highest BCUT2D eigenvalue weighted by Crippen LogP contribution is 2.36. The second kappa shape index (κ2) is 8.04. The van der Waals surface area contributed by atoms with Gasteiger partial charge in [0.25, 0.3) is 0 Å².